The molecule has 0 saturated carbocycles. The fourth-order valence-corrected chi connectivity index (χ4v) is 8.44. The molecule has 0 aliphatic heterocycles. The first-order valence-corrected chi connectivity index (χ1v) is 21.1. The van der Waals surface area contributed by atoms with Crippen LogP contribution in [-0.2, 0) is 56.0 Å². The zero-order valence-corrected chi connectivity index (χ0v) is 37.6. The molecule has 0 aliphatic rings. The summed E-state index contributed by atoms with van der Waals surface area (Å²) in [5.74, 6) is -0.395. The second kappa shape index (κ2) is 20.2. The molecule has 7 aromatic rings. The van der Waals surface area contributed by atoms with Gasteiger partial charge in [0.1, 0.15) is 6.15 Å². The number of nitrogens with two attached hydrogens (primary N) is 1. The predicted molar refractivity (Wildman–Crippen MR) is 228 cm³/mol. The van der Waals surface area contributed by atoms with Gasteiger partial charge in [0.05, 0.1) is 55.5 Å². The van der Waals surface area contributed by atoms with E-state index >= 15 is 0 Å². The number of alkyl halides is 24. The highest BCUT2D eigenvalue weighted by Crippen LogP contribution is 2.41. The van der Waals surface area contributed by atoms with Crippen molar-refractivity contribution in [2.24, 2.45) is 5.73 Å². The van der Waals surface area contributed by atoms with Gasteiger partial charge in [0.2, 0.25) is 5.91 Å². The highest BCUT2D eigenvalue weighted by Gasteiger charge is 2.47. The highest BCUT2D eigenvalue weighted by molar-refractivity contribution is 7.20. The van der Waals surface area contributed by atoms with Crippen LogP contribution in [0, 0.1) is 0 Å². The quantitative estimate of drug-likeness (QED) is 0.0965. The van der Waals surface area contributed by atoms with Crippen LogP contribution in [0.25, 0.3) is 10.8 Å². The van der Waals surface area contributed by atoms with Gasteiger partial charge in [-0.1, -0.05) is 91.0 Å². The summed E-state index contributed by atoms with van der Waals surface area (Å²) in [7, 11) is 0. The number of pyridine rings is 1. The van der Waals surface area contributed by atoms with Crippen LogP contribution in [-0.4, -0.2) is 12.1 Å². The summed E-state index contributed by atoms with van der Waals surface area (Å²) >= 11 is 0. The molecule has 6 aromatic carbocycles. The summed E-state index contributed by atoms with van der Waals surface area (Å²) in [6, 6.07) is 8.99. The number of hydrogen-bond donors (Lipinski definition) is 1. The lowest BCUT2D eigenvalue weighted by Gasteiger charge is -2.46. The SMILES string of the molecule is FC(F)(F)c1cc([B-](c2cc(C(F)(F)F)cc(C(F)(F)F)c2)(c2cc(C(F)(F)F)cc(C(F)(F)F)c2)c2cc(C(F)(F)F)cc(C(F)(F)F)c2)cc(C(F)(F)F)c1.NC(=O)c1cccc2cc[n+](Cc3ccccc3)cc12. The minimum Gasteiger partial charge on any atom is -0.366 e. The van der Waals surface area contributed by atoms with Crippen LogP contribution in [0.5, 0.6) is 0 Å². The smallest absolute Gasteiger partial charge is 0.366 e. The minimum atomic E-state index is -6.13. The van der Waals surface area contributed by atoms with E-state index < -0.39 is 201 Å². The predicted octanol–water partition coefficient (Wildman–Crippen LogP) is 13.5. The van der Waals surface area contributed by atoms with E-state index in [9.17, 15) is 110 Å². The minimum absolute atomic E-state index is 0.395. The molecule has 0 saturated heterocycles. The van der Waals surface area contributed by atoms with Crippen molar-refractivity contribution in [3.63, 3.8) is 0 Å². The molecule has 1 heterocycles. The third-order valence-electron chi connectivity index (χ3n) is 11.8. The summed E-state index contributed by atoms with van der Waals surface area (Å²) in [6.07, 6.45) is -50.8. The van der Waals surface area contributed by atoms with Crippen molar-refractivity contribution in [1.29, 1.82) is 0 Å². The molecule has 2 N–H and O–H groups in total. The number of rotatable bonds is 7. The maximum Gasteiger partial charge on any atom is 0.416 e. The number of aromatic nitrogens is 1. The van der Waals surface area contributed by atoms with E-state index in [1.165, 1.54) is 5.56 Å². The van der Waals surface area contributed by atoms with Gasteiger partial charge in [-0.2, -0.15) is 127 Å². The van der Waals surface area contributed by atoms with Crippen molar-refractivity contribution < 1.29 is 115 Å². The Kier molecular flexibility index (Phi) is 15.4. The summed E-state index contributed by atoms with van der Waals surface area (Å²) in [6.45, 7) is 0.768. The van der Waals surface area contributed by atoms with E-state index in [0.29, 0.717) is 5.56 Å². The molecule has 1 amide bonds. The molecule has 0 aliphatic carbocycles. The Balaban J connectivity index is 0.000000397. The van der Waals surface area contributed by atoms with Gasteiger partial charge < -0.3 is 5.73 Å². The number of hydrogen-bond acceptors (Lipinski definition) is 1. The van der Waals surface area contributed by atoms with Gasteiger partial charge >= 0.3 is 49.4 Å². The first-order valence-electron chi connectivity index (χ1n) is 21.1. The number of amides is 1. The Morgan fingerprint density at radius 1 is 0.377 bits per heavy atom. The van der Waals surface area contributed by atoms with Gasteiger partial charge in [0.15, 0.2) is 18.9 Å². The fourth-order valence-electron chi connectivity index (χ4n) is 8.44. The number of primary amides is 1. The summed E-state index contributed by atoms with van der Waals surface area (Å²) in [5.41, 5.74) is -23.0. The Hall–Kier alpha value is -7.42. The van der Waals surface area contributed by atoms with Gasteiger partial charge in [-0.15, -0.1) is 0 Å². The molecule has 3 nitrogen and oxygen atoms in total. The van der Waals surface area contributed by atoms with Crippen molar-refractivity contribution >= 4 is 44.7 Å². The molecule has 77 heavy (non-hydrogen) atoms. The van der Waals surface area contributed by atoms with Crippen LogP contribution in [0.3, 0.4) is 0 Å². The van der Waals surface area contributed by atoms with Crippen molar-refractivity contribution in [2.75, 3.05) is 0 Å². The van der Waals surface area contributed by atoms with Gasteiger partial charge in [-0.25, -0.2) is 4.57 Å². The number of nitrogens with zero attached hydrogens (tertiary/aromatic N) is 1. The Labute approximate surface area is 416 Å². The van der Waals surface area contributed by atoms with E-state index in [2.05, 4.69) is 16.7 Å². The van der Waals surface area contributed by atoms with Crippen LogP contribution in [0.4, 0.5) is 105 Å². The van der Waals surface area contributed by atoms with E-state index in [1.54, 1.807) is 6.07 Å². The highest BCUT2D eigenvalue weighted by atomic mass is 19.4. The molecule has 0 atom stereocenters. The molecule has 410 valence electrons. The summed E-state index contributed by atoms with van der Waals surface area (Å²) < 4.78 is 343. The first kappa shape index (κ1) is 58.8. The van der Waals surface area contributed by atoms with Crippen LogP contribution in [0.15, 0.2) is 140 Å². The Morgan fingerprint density at radius 3 is 0.922 bits per heavy atom. The van der Waals surface area contributed by atoms with Gasteiger partial charge in [0, 0.05) is 11.6 Å². The Bertz CT molecular complexity index is 2870. The van der Waals surface area contributed by atoms with Gasteiger partial charge in [0.25, 0.3) is 0 Å². The average molecular weight is 1130 g/mol. The maximum atomic E-state index is 14.2. The van der Waals surface area contributed by atoms with Crippen molar-refractivity contribution in [1.82, 2.24) is 0 Å². The summed E-state index contributed by atoms with van der Waals surface area (Å²) in [4.78, 5) is 11.5. The van der Waals surface area contributed by atoms with Crippen LogP contribution >= 0.6 is 0 Å². The lowest BCUT2D eigenvalue weighted by Crippen LogP contribution is -2.75. The topological polar surface area (TPSA) is 47.0 Å². The number of carbonyl (C=O) groups excluding carboxylic acids is 1. The molecule has 28 heteroatoms. The Morgan fingerprint density at radius 2 is 0.662 bits per heavy atom. The number of fused-ring (bicyclic) bond motifs is 1. The number of halogens is 24. The van der Waals surface area contributed by atoms with Gasteiger partial charge in [-0.3, -0.25) is 4.79 Å². The normalized spacial score (nSPS) is 13.4. The third-order valence-corrected chi connectivity index (χ3v) is 11.8. The van der Waals surface area contributed by atoms with Crippen LogP contribution in [0.2, 0.25) is 0 Å². The van der Waals surface area contributed by atoms with E-state index in [-0.39, 0.29) is 0 Å². The van der Waals surface area contributed by atoms with Crippen molar-refractivity contribution in [3.05, 3.63) is 195 Å². The lowest BCUT2D eigenvalue weighted by molar-refractivity contribution is -0.687. The molecule has 0 radical (unpaired) electrons. The molecule has 1 aromatic heterocycles. The second-order valence-electron chi connectivity index (χ2n) is 17.0. The number of benzene rings is 6. The van der Waals surface area contributed by atoms with Crippen LogP contribution in [0.1, 0.15) is 60.4 Å². The standard InChI is InChI=1S/C32H12BF24.C17H14N2O/c34-25(35,36)13-1-14(26(37,38)39)6-21(5-13)33(22-7-15(27(40,41)42)2-16(8-22)28(43,44)45,23-9-17(29(46,47)48)3-18(10-23)30(49,50)51)24-11-19(31(52,53)54)4-20(12-24)32(55,56)57;18-17(20)15-8-4-7-14-9-10-19(12-16(14)15)11-13-5-2-1-3-6-13/h1-12H;1-10,12H,11H2,(H-,18,20)/q-1;/p+1. The lowest BCUT2D eigenvalue weighted by atomic mass is 9.12. The third kappa shape index (κ3) is 13.2. The number of carbonyl (C=O) groups is 1. The van der Waals surface area contributed by atoms with E-state index in [1.807, 2.05) is 48.8 Å². The van der Waals surface area contributed by atoms with Crippen molar-refractivity contribution in [3.8, 4) is 0 Å². The first-order chi connectivity index (χ1) is 35.0. The molecule has 0 fully saturated rings. The zero-order chi connectivity index (χ0) is 57.9. The maximum absolute atomic E-state index is 14.2. The summed E-state index contributed by atoms with van der Waals surface area (Å²) in [5, 5.41) is 1.91. The second-order valence-corrected chi connectivity index (χ2v) is 17.0. The monoisotopic (exact) mass is 1130 g/mol. The average Bonchev–Trinajstić information content (AvgIpc) is 3.29. The fraction of sp³-hybridized carbons (Fsp3) is 0.184. The molecule has 0 unspecified atom stereocenters. The zero-order valence-electron chi connectivity index (χ0n) is 37.6. The van der Waals surface area contributed by atoms with E-state index in [0.717, 1.165) is 17.3 Å². The molecule has 0 spiro atoms. The molecular weight excluding hydrogens is 1100 g/mol. The van der Waals surface area contributed by atoms with Gasteiger partial charge in [-0.05, 0) is 35.7 Å². The largest absolute Gasteiger partial charge is 0.416 e. The molecule has 0 bridgehead atoms. The molecular formula is C49H27BF24N2O. The molecule has 7 rings (SSSR count). The van der Waals surface area contributed by atoms with E-state index in [4.69, 9.17) is 5.73 Å². The van der Waals surface area contributed by atoms with Crippen molar-refractivity contribution in [2.45, 2.75) is 56.0 Å². The van der Waals surface area contributed by atoms with Crippen LogP contribution < -0.4 is 32.2 Å².